The van der Waals surface area contributed by atoms with Gasteiger partial charge in [0.05, 0.1) is 18.8 Å². The molecule has 0 aromatic heterocycles. The molecule has 0 bridgehead atoms. The Labute approximate surface area is 156 Å². The van der Waals surface area contributed by atoms with Gasteiger partial charge >= 0.3 is 0 Å². The molecule has 1 amide bonds. The molecule has 0 saturated carbocycles. The summed E-state index contributed by atoms with van der Waals surface area (Å²) in [5, 5.41) is 9.91. The second-order valence-electron chi connectivity index (χ2n) is 7.35. The minimum absolute atomic E-state index is 0.0338. The number of nitrogens with zero attached hydrogens (tertiary/aromatic N) is 1. The van der Waals surface area contributed by atoms with Crippen molar-refractivity contribution in [3.63, 3.8) is 0 Å². The van der Waals surface area contributed by atoms with Crippen molar-refractivity contribution in [3.05, 3.63) is 65.2 Å². The van der Waals surface area contributed by atoms with Gasteiger partial charge in [-0.15, -0.1) is 0 Å². The molecule has 1 atom stereocenters. The van der Waals surface area contributed by atoms with Gasteiger partial charge in [0.2, 0.25) is 0 Å². The number of carbonyl (C=O) groups excluding carboxylic acids is 1. The molecule has 140 valence electrons. The van der Waals surface area contributed by atoms with Crippen molar-refractivity contribution in [2.24, 2.45) is 0 Å². The number of ether oxygens (including phenoxy) is 1. The van der Waals surface area contributed by atoms with Crippen LogP contribution in [0.4, 0.5) is 0 Å². The van der Waals surface area contributed by atoms with Gasteiger partial charge < -0.3 is 14.7 Å². The van der Waals surface area contributed by atoms with E-state index in [-0.39, 0.29) is 11.9 Å². The summed E-state index contributed by atoms with van der Waals surface area (Å²) < 4.78 is 5.42. The van der Waals surface area contributed by atoms with E-state index in [1.807, 2.05) is 62.5 Å². The van der Waals surface area contributed by atoms with E-state index in [0.717, 1.165) is 23.3 Å². The van der Waals surface area contributed by atoms with E-state index in [0.29, 0.717) is 12.0 Å². The lowest BCUT2D eigenvalue weighted by Crippen LogP contribution is -2.30. The number of carbonyl (C=O) groups is 1. The van der Waals surface area contributed by atoms with Crippen molar-refractivity contribution in [2.75, 3.05) is 14.2 Å². The zero-order valence-electron chi connectivity index (χ0n) is 16.3. The molecular formula is C22H29NO3. The minimum Gasteiger partial charge on any atom is -0.496 e. The van der Waals surface area contributed by atoms with Crippen molar-refractivity contribution >= 4 is 5.91 Å². The zero-order chi connectivity index (χ0) is 19.3. The molecule has 0 aliphatic carbocycles. The maximum absolute atomic E-state index is 12.9. The molecule has 4 nitrogen and oxygen atoms in total. The Bertz CT molecular complexity index is 749. The van der Waals surface area contributed by atoms with E-state index in [9.17, 15) is 9.90 Å². The fourth-order valence-electron chi connectivity index (χ4n) is 2.91. The average Bonchev–Trinajstić information content (AvgIpc) is 2.64. The Morgan fingerprint density at radius 1 is 1.19 bits per heavy atom. The minimum atomic E-state index is -0.713. The number of para-hydroxylation sites is 1. The highest BCUT2D eigenvalue weighted by Gasteiger charge is 2.21. The first kappa shape index (κ1) is 20.0. The van der Waals surface area contributed by atoms with E-state index in [1.165, 1.54) is 0 Å². The van der Waals surface area contributed by atoms with Crippen LogP contribution in [0.2, 0.25) is 0 Å². The SMILES string of the molecule is COc1ccccc1[C@@H](C)N(C)C(=O)c1cccc(CCC(C)(C)O)c1. The van der Waals surface area contributed by atoms with Gasteiger partial charge in [-0.1, -0.05) is 30.3 Å². The van der Waals surface area contributed by atoms with Gasteiger partial charge in [0.15, 0.2) is 0 Å². The fraction of sp³-hybridized carbons (Fsp3) is 0.409. The molecule has 0 fully saturated rings. The first-order chi connectivity index (χ1) is 12.2. The molecular weight excluding hydrogens is 326 g/mol. The lowest BCUT2D eigenvalue weighted by atomic mass is 9.97. The second kappa shape index (κ2) is 8.37. The van der Waals surface area contributed by atoms with Crippen LogP contribution in [0.15, 0.2) is 48.5 Å². The normalized spacial score (nSPS) is 12.5. The summed E-state index contributed by atoms with van der Waals surface area (Å²) >= 11 is 0. The Hall–Kier alpha value is -2.33. The van der Waals surface area contributed by atoms with Gasteiger partial charge in [-0.3, -0.25) is 4.79 Å². The van der Waals surface area contributed by atoms with Crippen LogP contribution in [0.5, 0.6) is 5.75 Å². The van der Waals surface area contributed by atoms with Gasteiger partial charge in [0, 0.05) is 18.2 Å². The lowest BCUT2D eigenvalue weighted by molar-refractivity contribution is 0.0714. The third-order valence-corrected chi connectivity index (χ3v) is 4.69. The second-order valence-corrected chi connectivity index (χ2v) is 7.35. The summed E-state index contributed by atoms with van der Waals surface area (Å²) in [5.41, 5.74) is 1.97. The van der Waals surface area contributed by atoms with E-state index in [1.54, 1.807) is 25.9 Å². The highest BCUT2D eigenvalue weighted by atomic mass is 16.5. The van der Waals surface area contributed by atoms with Gasteiger partial charge in [-0.2, -0.15) is 0 Å². The first-order valence-electron chi connectivity index (χ1n) is 8.94. The van der Waals surface area contributed by atoms with E-state index >= 15 is 0 Å². The van der Waals surface area contributed by atoms with Crippen LogP contribution in [-0.4, -0.2) is 35.7 Å². The molecule has 2 aromatic rings. The molecule has 0 aliphatic rings. The molecule has 0 aliphatic heterocycles. The lowest BCUT2D eigenvalue weighted by Gasteiger charge is -2.27. The topological polar surface area (TPSA) is 49.8 Å². The predicted octanol–water partition coefficient (Wildman–Crippen LogP) is 4.23. The molecule has 26 heavy (non-hydrogen) atoms. The summed E-state index contributed by atoms with van der Waals surface area (Å²) in [5.74, 6) is 0.743. The van der Waals surface area contributed by atoms with Crippen LogP contribution in [0, 0.1) is 0 Å². The molecule has 0 spiro atoms. The first-order valence-corrected chi connectivity index (χ1v) is 8.94. The average molecular weight is 355 g/mol. The number of aliphatic hydroxyl groups is 1. The van der Waals surface area contributed by atoms with Gasteiger partial charge in [0.1, 0.15) is 5.75 Å². The fourth-order valence-corrected chi connectivity index (χ4v) is 2.91. The highest BCUT2D eigenvalue weighted by molar-refractivity contribution is 5.94. The van der Waals surface area contributed by atoms with E-state index in [2.05, 4.69) is 0 Å². The maximum Gasteiger partial charge on any atom is 0.254 e. The maximum atomic E-state index is 12.9. The quantitative estimate of drug-likeness (QED) is 0.808. The number of methoxy groups -OCH3 is 1. The highest BCUT2D eigenvalue weighted by Crippen LogP contribution is 2.29. The summed E-state index contributed by atoms with van der Waals surface area (Å²) in [6, 6.07) is 15.3. The van der Waals surface area contributed by atoms with Crippen LogP contribution in [0.25, 0.3) is 0 Å². The predicted molar refractivity (Wildman–Crippen MR) is 105 cm³/mol. The molecule has 0 radical (unpaired) electrons. The Morgan fingerprint density at radius 3 is 2.54 bits per heavy atom. The van der Waals surface area contributed by atoms with Crippen LogP contribution in [0.3, 0.4) is 0 Å². The van der Waals surface area contributed by atoms with Crippen molar-refractivity contribution in [1.29, 1.82) is 0 Å². The number of hydrogen-bond donors (Lipinski definition) is 1. The van der Waals surface area contributed by atoms with Crippen LogP contribution < -0.4 is 4.74 Å². The molecule has 4 heteroatoms. The van der Waals surface area contributed by atoms with Crippen molar-refractivity contribution < 1.29 is 14.6 Å². The summed E-state index contributed by atoms with van der Waals surface area (Å²) in [4.78, 5) is 14.7. The van der Waals surface area contributed by atoms with Crippen molar-refractivity contribution in [3.8, 4) is 5.75 Å². The van der Waals surface area contributed by atoms with Gasteiger partial charge in [-0.25, -0.2) is 0 Å². The number of amides is 1. The number of rotatable bonds is 7. The monoisotopic (exact) mass is 355 g/mol. The van der Waals surface area contributed by atoms with Gasteiger partial charge in [-0.05, 0) is 57.4 Å². The van der Waals surface area contributed by atoms with Crippen LogP contribution in [-0.2, 0) is 6.42 Å². The molecule has 0 saturated heterocycles. The Kier molecular flexibility index (Phi) is 6.43. The molecule has 0 heterocycles. The molecule has 1 N–H and O–H groups in total. The summed E-state index contributed by atoms with van der Waals surface area (Å²) in [7, 11) is 3.45. The smallest absolute Gasteiger partial charge is 0.254 e. The van der Waals surface area contributed by atoms with Gasteiger partial charge in [0.25, 0.3) is 5.91 Å². The van der Waals surface area contributed by atoms with Crippen molar-refractivity contribution in [1.82, 2.24) is 4.90 Å². The van der Waals surface area contributed by atoms with E-state index < -0.39 is 5.60 Å². The van der Waals surface area contributed by atoms with Crippen LogP contribution in [0.1, 0.15) is 54.7 Å². The number of hydrogen-bond acceptors (Lipinski definition) is 3. The molecule has 2 aromatic carbocycles. The number of aryl methyl sites for hydroxylation is 1. The third kappa shape index (κ3) is 5.09. The third-order valence-electron chi connectivity index (χ3n) is 4.69. The molecule has 2 rings (SSSR count). The Morgan fingerprint density at radius 2 is 1.88 bits per heavy atom. The standard InChI is InChI=1S/C22H29NO3/c1-16(19-11-6-7-12-20(19)26-5)23(4)21(24)18-10-8-9-17(15-18)13-14-22(2,3)25/h6-12,15-16,25H,13-14H2,1-5H3/t16-/m1/s1. The molecule has 0 unspecified atom stereocenters. The van der Waals surface area contributed by atoms with Crippen molar-refractivity contribution in [2.45, 2.75) is 45.3 Å². The van der Waals surface area contributed by atoms with E-state index in [4.69, 9.17) is 4.74 Å². The summed E-state index contributed by atoms with van der Waals surface area (Å²) in [6.07, 6.45) is 1.38. The van der Waals surface area contributed by atoms with Crippen LogP contribution >= 0.6 is 0 Å². The largest absolute Gasteiger partial charge is 0.496 e. The Balaban J connectivity index is 2.17. The summed E-state index contributed by atoms with van der Waals surface area (Å²) in [6.45, 7) is 5.59. The zero-order valence-corrected chi connectivity index (χ0v) is 16.3. The number of benzene rings is 2.